The minimum Gasteiger partial charge on any atom is -0.404 e. The van der Waals surface area contributed by atoms with E-state index in [2.05, 4.69) is 0 Å². The molecule has 3 aromatic rings. The lowest BCUT2D eigenvalue weighted by Gasteiger charge is -2.08. The molecular formula is C17H9F2NO3S2. The first-order chi connectivity index (χ1) is 12.0. The van der Waals surface area contributed by atoms with Crippen LogP contribution in [-0.4, -0.2) is 16.4 Å². The molecule has 0 aliphatic rings. The highest BCUT2D eigenvalue weighted by atomic mass is 32.1. The Morgan fingerprint density at radius 3 is 2.00 bits per heavy atom. The van der Waals surface area contributed by atoms with Crippen LogP contribution in [0.5, 0.6) is 5.88 Å². The molecule has 0 aliphatic carbocycles. The second kappa shape index (κ2) is 7.04. The van der Waals surface area contributed by atoms with Crippen molar-refractivity contribution in [3.05, 3.63) is 80.6 Å². The summed E-state index contributed by atoms with van der Waals surface area (Å²) in [5.74, 6) is -2.32. The number of thiazole rings is 1. The summed E-state index contributed by atoms with van der Waals surface area (Å²) in [7, 11) is 0. The number of esters is 1. The summed E-state index contributed by atoms with van der Waals surface area (Å²) < 4.78 is 32.4. The Balaban J connectivity index is 1.90. The van der Waals surface area contributed by atoms with E-state index in [0.717, 1.165) is 40.2 Å². The van der Waals surface area contributed by atoms with Gasteiger partial charge in [0.25, 0.3) is 5.91 Å². The van der Waals surface area contributed by atoms with Crippen molar-refractivity contribution in [2.24, 2.45) is 0 Å². The summed E-state index contributed by atoms with van der Waals surface area (Å²) in [4.78, 5) is 24.7. The van der Waals surface area contributed by atoms with Crippen LogP contribution in [0.3, 0.4) is 0 Å². The van der Waals surface area contributed by atoms with Crippen LogP contribution in [0.1, 0.15) is 20.7 Å². The van der Waals surface area contributed by atoms with Crippen LogP contribution in [0.25, 0.3) is 0 Å². The molecule has 8 heteroatoms. The first-order valence-corrected chi connectivity index (χ1v) is 8.23. The van der Waals surface area contributed by atoms with Gasteiger partial charge in [-0.25, -0.2) is 18.1 Å². The third kappa shape index (κ3) is 3.70. The molecule has 0 bridgehead atoms. The maximum atomic E-state index is 13.0. The summed E-state index contributed by atoms with van der Waals surface area (Å²) in [6, 6.07) is 9.70. The van der Waals surface area contributed by atoms with Gasteiger partial charge >= 0.3 is 5.97 Å². The second-order valence-electron chi connectivity index (χ2n) is 4.88. The van der Waals surface area contributed by atoms with Crippen molar-refractivity contribution in [1.82, 2.24) is 4.57 Å². The van der Waals surface area contributed by atoms with E-state index >= 15 is 0 Å². The summed E-state index contributed by atoms with van der Waals surface area (Å²) in [6.45, 7) is 0. The van der Waals surface area contributed by atoms with Gasteiger partial charge in [0.05, 0.1) is 10.9 Å². The quantitative estimate of drug-likeness (QED) is 0.499. The fourth-order valence-corrected chi connectivity index (χ4v) is 2.96. The van der Waals surface area contributed by atoms with Crippen molar-refractivity contribution in [3.63, 3.8) is 0 Å². The Bertz CT molecular complexity index is 992. The van der Waals surface area contributed by atoms with Gasteiger partial charge in [0.15, 0.2) is 3.95 Å². The number of hydrogen-bond acceptors (Lipinski definition) is 5. The van der Waals surface area contributed by atoms with Gasteiger partial charge in [0, 0.05) is 5.56 Å². The van der Waals surface area contributed by atoms with Crippen molar-refractivity contribution < 1.29 is 23.1 Å². The molecule has 0 spiro atoms. The van der Waals surface area contributed by atoms with Gasteiger partial charge in [-0.2, -0.15) is 0 Å². The SMILES string of the molecule is O=C(Oc1csc(=S)n1C(=O)c1ccc(F)cc1)c1ccc(F)cc1. The number of nitrogens with zero attached hydrogens (tertiary/aromatic N) is 1. The van der Waals surface area contributed by atoms with Crippen molar-refractivity contribution in [2.75, 3.05) is 0 Å². The fourth-order valence-electron chi connectivity index (χ4n) is 2.01. The molecule has 3 rings (SSSR count). The highest BCUT2D eigenvalue weighted by Crippen LogP contribution is 2.22. The zero-order valence-electron chi connectivity index (χ0n) is 12.4. The van der Waals surface area contributed by atoms with E-state index in [-0.39, 0.29) is 21.0 Å². The van der Waals surface area contributed by atoms with Crippen molar-refractivity contribution in [1.29, 1.82) is 0 Å². The van der Waals surface area contributed by atoms with Gasteiger partial charge in [0.1, 0.15) is 11.6 Å². The molecule has 0 fully saturated rings. The van der Waals surface area contributed by atoms with Crippen LogP contribution in [0.15, 0.2) is 53.9 Å². The molecule has 25 heavy (non-hydrogen) atoms. The lowest BCUT2D eigenvalue weighted by atomic mass is 10.2. The van der Waals surface area contributed by atoms with E-state index in [1.54, 1.807) is 0 Å². The second-order valence-corrected chi connectivity index (χ2v) is 6.39. The van der Waals surface area contributed by atoms with Crippen molar-refractivity contribution in [2.45, 2.75) is 0 Å². The van der Waals surface area contributed by atoms with Crippen LogP contribution < -0.4 is 4.74 Å². The predicted molar refractivity (Wildman–Crippen MR) is 90.6 cm³/mol. The average Bonchev–Trinajstić information content (AvgIpc) is 2.96. The van der Waals surface area contributed by atoms with E-state index in [9.17, 15) is 18.4 Å². The van der Waals surface area contributed by atoms with Crippen LogP contribution in [0, 0.1) is 15.6 Å². The van der Waals surface area contributed by atoms with Crippen LogP contribution in [0.4, 0.5) is 8.78 Å². The topological polar surface area (TPSA) is 48.3 Å². The van der Waals surface area contributed by atoms with Crippen LogP contribution in [0.2, 0.25) is 0 Å². The molecule has 1 heterocycles. The van der Waals surface area contributed by atoms with Gasteiger partial charge in [-0.05, 0) is 60.7 Å². The van der Waals surface area contributed by atoms with Gasteiger partial charge in [0.2, 0.25) is 5.88 Å². The Morgan fingerprint density at radius 1 is 0.920 bits per heavy atom. The monoisotopic (exact) mass is 377 g/mol. The molecule has 0 atom stereocenters. The standard InChI is InChI=1S/C17H9F2NO3S2/c18-12-5-1-10(2-6-12)15(21)20-14(9-25-17(20)24)23-16(22)11-3-7-13(19)8-4-11/h1-9H. The highest BCUT2D eigenvalue weighted by Gasteiger charge is 2.19. The van der Waals surface area contributed by atoms with Crippen molar-refractivity contribution >= 4 is 35.4 Å². The summed E-state index contributed by atoms with van der Waals surface area (Å²) >= 11 is 6.15. The van der Waals surface area contributed by atoms with E-state index < -0.39 is 23.5 Å². The van der Waals surface area contributed by atoms with Gasteiger partial charge in [-0.15, -0.1) is 11.3 Å². The molecule has 0 unspecified atom stereocenters. The molecule has 0 radical (unpaired) electrons. The van der Waals surface area contributed by atoms with Crippen LogP contribution in [-0.2, 0) is 0 Å². The van der Waals surface area contributed by atoms with Gasteiger partial charge < -0.3 is 4.74 Å². The normalized spacial score (nSPS) is 10.5. The highest BCUT2D eigenvalue weighted by molar-refractivity contribution is 7.73. The Labute approximate surface area is 149 Å². The zero-order valence-corrected chi connectivity index (χ0v) is 14.1. The number of aromatic nitrogens is 1. The molecule has 2 aromatic carbocycles. The molecule has 0 aliphatic heterocycles. The van der Waals surface area contributed by atoms with Crippen molar-refractivity contribution in [3.8, 4) is 5.88 Å². The molecule has 0 saturated heterocycles. The Morgan fingerprint density at radius 2 is 1.44 bits per heavy atom. The first-order valence-electron chi connectivity index (χ1n) is 6.94. The third-order valence-electron chi connectivity index (χ3n) is 3.23. The summed E-state index contributed by atoms with van der Waals surface area (Å²) in [6.07, 6.45) is 0. The summed E-state index contributed by atoms with van der Waals surface area (Å²) in [5.41, 5.74) is 0.314. The fraction of sp³-hybridized carbons (Fsp3) is 0. The molecule has 0 saturated carbocycles. The first kappa shape index (κ1) is 17.1. The number of ether oxygens (including phenoxy) is 1. The Kier molecular flexibility index (Phi) is 4.82. The molecule has 4 nitrogen and oxygen atoms in total. The zero-order chi connectivity index (χ0) is 18.0. The van der Waals surface area contributed by atoms with E-state index in [4.69, 9.17) is 17.0 Å². The average molecular weight is 377 g/mol. The number of halogens is 2. The maximum absolute atomic E-state index is 13.0. The Hall–Kier alpha value is -2.71. The number of carbonyl (C=O) groups is 2. The van der Waals surface area contributed by atoms with Gasteiger partial charge in [-0.3, -0.25) is 4.79 Å². The largest absolute Gasteiger partial charge is 0.404 e. The molecular weight excluding hydrogens is 368 g/mol. The summed E-state index contributed by atoms with van der Waals surface area (Å²) in [5, 5.41) is 1.42. The molecule has 126 valence electrons. The predicted octanol–water partition coefficient (Wildman–Crippen LogP) is 4.46. The minimum atomic E-state index is -0.756. The number of rotatable bonds is 3. The van der Waals surface area contributed by atoms with Crippen LogP contribution >= 0.6 is 23.6 Å². The molecule has 1 aromatic heterocycles. The minimum absolute atomic E-state index is 0.0568. The third-order valence-corrected chi connectivity index (χ3v) is 4.41. The molecule has 0 N–H and O–H groups in total. The smallest absolute Gasteiger partial charge is 0.344 e. The number of carbonyl (C=O) groups excluding carboxylic acids is 2. The number of benzene rings is 2. The lowest BCUT2D eigenvalue weighted by Crippen LogP contribution is -2.17. The number of hydrogen-bond donors (Lipinski definition) is 0. The maximum Gasteiger partial charge on any atom is 0.344 e. The lowest BCUT2D eigenvalue weighted by molar-refractivity contribution is 0.0716. The van der Waals surface area contributed by atoms with E-state index in [1.165, 1.54) is 29.6 Å². The van der Waals surface area contributed by atoms with Gasteiger partial charge in [-0.1, -0.05) is 0 Å². The van der Waals surface area contributed by atoms with E-state index in [0.29, 0.717) is 0 Å². The molecule has 0 amide bonds. The van der Waals surface area contributed by atoms with E-state index in [1.807, 2.05) is 0 Å².